The van der Waals surface area contributed by atoms with Crippen molar-refractivity contribution in [2.24, 2.45) is 0 Å². The molecule has 3 saturated heterocycles. The standard InChI is InChI=1S/C16H31N3/c1-13(12-18-8-3-4-9-18)19-15-6-5-7-16(19)11-14(10-15)17-2/h13-17H,3-12H2,1-2H3. The first kappa shape index (κ1) is 13.8. The van der Waals surface area contributed by atoms with Crippen molar-refractivity contribution >= 4 is 0 Å². The van der Waals surface area contributed by atoms with Crippen LogP contribution in [0.3, 0.4) is 0 Å². The van der Waals surface area contributed by atoms with Crippen molar-refractivity contribution in [1.29, 1.82) is 0 Å². The first-order valence-electron chi connectivity index (χ1n) is 8.45. The van der Waals surface area contributed by atoms with Gasteiger partial charge in [0.15, 0.2) is 0 Å². The van der Waals surface area contributed by atoms with Crippen LogP contribution in [0.25, 0.3) is 0 Å². The van der Waals surface area contributed by atoms with Crippen LogP contribution in [0.1, 0.15) is 51.9 Å². The Morgan fingerprint density at radius 3 is 2.26 bits per heavy atom. The van der Waals surface area contributed by atoms with Gasteiger partial charge in [0, 0.05) is 30.7 Å². The van der Waals surface area contributed by atoms with Crippen molar-refractivity contribution in [3.63, 3.8) is 0 Å². The Balaban J connectivity index is 1.62. The van der Waals surface area contributed by atoms with E-state index >= 15 is 0 Å². The number of piperidine rings is 2. The molecule has 3 nitrogen and oxygen atoms in total. The molecule has 19 heavy (non-hydrogen) atoms. The lowest BCUT2D eigenvalue weighted by atomic mass is 9.80. The fourth-order valence-electron chi connectivity index (χ4n) is 4.81. The zero-order valence-electron chi connectivity index (χ0n) is 12.8. The van der Waals surface area contributed by atoms with E-state index in [0.717, 1.165) is 24.2 Å². The molecule has 3 heteroatoms. The molecule has 1 N–H and O–H groups in total. The average molecular weight is 265 g/mol. The van der Waals surface area contributed by atoms with E-state index < -0.39 is 0 Å². The van der Waals surface area contributed by atoms with Crippen LogP contribution in [0.4, 0.5) is 0 Å². The molecule has 3 atom stereocenters. The Morgan fingerprint density at radius 2 is 1.68 bits per heavy atom. The number of fused-ring (bicyclic) bond motifs is 2. The minimum Gasteiger partial charge on any atom is -0.317 e. The maximum absolute atomic E-state index is 3.53. The second-order valence-corrected chi connectivity index (χ2v) is 7.00. The molecule has 3 aliphatic rings. The molecule has 3 fully saturated rings. The minimum atomic E-state index is 0.756. The summed E-state index contributed by atoms with van der Waals surface area (Å²) in [5.74, 6) is 0. The van der Waals surface area contributed by atoms with Crippen LogP contribution in [0.5, 0.6) is 0 Å². The molecule has 3 unspecified atom stereocenters. The molecule has 0 spiro atoms. The molecule has 0 aromatic carbocycles. The van der Waals surface area contributed by atoms with Crippen molar-refractivity contribution in [3.8, 4) is 0 Å². The first-order valence-corrected chi connectivity index (χ1v) is 8.45. The molecule has 0 amide bonds. The zero-order valence-corrected chi connectivity index (χ0v) is 12.8. The van der Waals surface area contributed by atoms with E-state index in [-0.39, 0.29) is 0 Å². The Kier molecular flexibility index (Phi) is 4.45. The summed E-state index contributed by atoms with van der Waals surface area (Å²) in [6.07, 6.45) is 9.90. The van der Waals surface area contributed by atoms with E-state index in [9.17, 15) is 0 Å². The van der Waals surface area contributed by atoms with Gasteiger partial charge in [-0.25, -0.2) is 0 Å². The number of nitrogens with one attached hydrogen (secondary N) is 1. The third-order valence-corrected chi connectivity index (χ3v) is 5.67. The summed E-state index contributed by atoms with van der Waals surface area (Å²) < 4.78 is 0. The Labute approximate surface area is 118 Å². The predicted octanol–water partition coefficient (Wildman–Crippen LogP) is 2.08. The molecular weight excluding hydrogens is 234 g/mol. The maximum atomic E-state index is 3.53. The highest BCUT2D eigenvalue weighted by molar-refractivity contribution is 4.97. The molecule has 3 heterocycles. The summed E-state index contributed by atoms with van der Waals surface area (Å²) in [5, 5.41) is 3.53. The van der Waals surface area contributed by atoms with Gasteiger partial charge in [-0.3, -0.25) is 4.90 Å². The van der Waals surface area contributed by atoms with Gasteiger partial charge in [0.25, 0.3) is 0 Å². The molecule has 0 aromatic heterocycles. The predicted molar refractivity (Wildman–Crippen MR) is 80.5 cm³/mol. The van der Waals surface area contributed by atoms with Crippen LogP contribution < -0.4 is 5.32 Å². The van der Waals surface area contributed by atoms with Crippen molar-refractivity contribution in [2.45, 2.75) is 76.0 Å². The number of hydrogen-bond donors (Lipinski definition) is 1. The molecule has 2 bridgehead atoms. The minimum absolute atomic E-state index is 0.756. The second-order valence-electron chi connectivity index (χ2n) is 7.00. The first-order chi connectivity index (χ1) is 9.28. The van der Waals surface area contributed by atoms with E-state index in [1.54, 1.807) is 0 Å². The van der Waals surface area contributed by atoms with Gasteiger partial charge in [0.2, 0.25) is 0 Å². The molecular formula is C16H31N3. The lowest BCUT2D eigenvalue weighted by Crippen LogP contribution is -2.60. The fourth-order valence-corrected chi connectivity index (χ4v) is 4.81. The lowest BCUT2D eigenvalue weighted by Gasteiger charge is -2.52. The van der Waals surface area contributed by atoms with E-state index in [0.29, 0.717) is 0 Å². The van der Waals surface area contributed by atoms with Crippen LogP contribution in [0.2, 0.25) is 0 Å². The van der Waals surface area contributed by atoms with Gasteiger partial charge >= 0.3 is 0 Å². The topological polar surface area (TPSA) is 18.5 Å². The number of nitrogens with zero attached hydrogens (tertiary/aromatic N) is 2. The number of likely N-dealkylation sites (tertiary alicyclic amines) is 1. The molecule has 0 saturated carbocycles. The van der Waals surface area contributed by atoms with Crippen LogP contribution in [0, 0.1) is 0 Å². The highest BCUT2D eigenvalue weighted by Gasteiger charge is 2.40. The van der Waals surface area contributed by atoms with Crippen molar-refractivity contribution in [2.75, 3.05) is 26.7 Å². The monoisotopic (exact) mass is 265 g/mol. The van der Waals surface area contributed by atoms with Gasteiger partial charge in [-0.2, -0.15) is 0 Å². The van der Waals surface area contributed by atoms with Gasteiger partial charge in [-0.15, -0.1) is 0 Å². The molecule has 0 radical (unpaired) electrons. The van der Waals surface area contributed by atoms with E-state index in [4.69, 9.17) is 0 Å². The quantitative estimate of drug-likeness (QED) is 0.839. The van der Waals surface area contributed by atoms with Gasteiger partial charge in [-0.05, 0) is 65.6 Å². The van der Waals surface area contributed by atoms with Crippen LogP contribution in [-0.4, -0.2) is 60.6 Å². The van der Waals surface area contributed by atoms with E-state index in [1.807, 2.05) is 0 Å². The van der Waals surface area contributed by atoms with Gasteiger partial charge in [-0.1, -0.05) is 6.42 Å². The maximum Gasteiger partial charge on any atom is 0.0200 e. The third-order valence-electron chi connectivity index (χ3n) is 5.67. The smallest absolute Gasteiger partial charge is 0.0200 e. The van der Waals surface area contributed by atoms with Crippen molar-refractivity contribution in [1.82, 2.24) is 15.1 Å². The zero-order chi connectivity index (χ0) is 13.2. The summed E-state index contributed by atoms with van der Waals surface area (Å²) >= 11 is 0. The number of rotatable bonds is 4. The summed E-state index contributed by atoms with van der Waals surface area (Å²) in [6.45, 7) is 6.46. The Bertz CT molecular complexity index is 274. The number of hydrogen-bond acceptors (Lipinski definition) is 3. The van der Waals surface area contributed by atoms with Crippen LogP contribution >= 0.6 is 0 Å². The van der Waals surface area contributed by atoms with Gasteiger partial charge in [0.05, 0.1) is 0 Å². The summed E-state index contributed by atoms with van der Waals surface area (Å²) in [6, 6.07) is 3.22. The Morgan fingerprint density at radius 1 is 1.05 bits per heavy atom. The van der Waals surface area contributed by atoms with Gasteiger partial charge in [0.1, 0.15) is 0 Å². The van der Waals surface area contributed by atoms with E-state index in [2.05, 4.69) is 29.1 Å². The molecule has 110 valence electrons. The van der Waals surface area contributed by atoms with Crippen molar-refractivity contribution in [3.05, 3.63) is 0 Å². The molecule has 3 aliphatic heterocycles. The molecule has 0 aromatic rings. The van der Waals surface area contributed by atoms with Gasteiger partial charge < -0.3 is 10.2 Å². The van der Waals surface area contributed by atoms with E-state index in [1.165, 1.54) is 64.6 Å². The fraction of sp³-hybridized carbons (Fsp3) is 1.00. The molecule has 3 rings (SSSR count). The summed E-state index contributed by atoms with van der Waals surface area (Å²) in [7, 11) is 2.14. The third kappa shape index (κ3) is 2.98. The normalized spacial score (nSPS) is 38.5. The molecule has 0 aliphatic carbocycles. The largest absolute Gasteiger partial charge is 0.317 e. The van der Waals surface area contributed by atoms with Crippen LogP contribution in [0.15, 0.2) is 0 Å². The average Bonchev–Trinajstić information content (AvgIpc) is 2.89. The second kappa shape index (κ2) is 6.11. The lowest BCUT2D eigenvalue weighted by molar-refractivity contribution is -0.0128. The van der Waals surface area contributed by atoms with Crippen molar-refractivity contribution < 1.29 is 0 Å². The highest BCUT2D eigenvalue weighted by atomic mass is 15.3. The Hall–Kier alpha value is -0.120. The highest BCUT2D eigenvalue weighted by Crippen LogP contribution is 2.35. The summed E-state index contributed by atoms with van der Waals surface area (Å²) in [5.41, 5.74) is 0. The SMILES string of the molecule is CNC1CC2CCCC(C1)N2C(C)CN1CCCC1. The van der Waals surface area contributed by atoms with Crippen LogP contribution in [-0.2, 0) is 0 Å². The summed E-state index contributed by atoms with van der Waals surface area (Å²) in [4.78, 5) is 5.58.